The smallest absolute Gasteiger partial charge is 0.213 e. The van der Waals surface area contributed by atoms with Crippen LogP contribution < -0.4 is 4.74 Å². The molecule has 0 aromatic carbocycles. The number of hydrogen-bond acceptors (Lipinski definition) is 3. The highest BCUT2D eigenvalue weighted by atomic mass is 19.1. The van der Waals surface area contributed by atoms with Crippen LogP contribution in [0, 0.1) is 11.7 Å². The van der Waals surface area contributed by atoms with E-state index < -0.39 is 0 Å². The third-order valence-corrected chi connectivity index (χ3v) is 3.61. The number of aromatic nitrogens is 1. The van der Waals surface area contributed by atoms with Gasteiger partial charge in [0.15, 0.2) is 0 Å². The predicted octanol–water partition coefficient (Wildman–Crippen LogP) is 2.50. The lowest BCUT2D eigenvalue weighted by Gasteiger charge is -2.27. The molecule has 0 aliphatic heterocycles. The predicted molar refractivity (Wildman–Crippen MR) is 62.5 cm³/mol. The molecule has 0 amide bonds. The van der Waals surface area contributed by atoms with Gasteiger partial charge in [-0.2, -0.15) is 0 Å². The molecule has 2 rings (SSSR count). The molecule has 0 unspecified atom stereocenters. The number of halogens is 1. The van der Waals surface area contributed by atoms with Gasteiger partial charge in [-0.15, -0.1) is 0 Å². The highest BCUT2D eigenvalue weighted by Crippen LogP contribution is 2.37. The van der Waals surface area contributed by atoms with E-state index in [1.807, 2.05) is 0 Å². The van der Waals surface area contributed by atoms with Crippen LogP contribution in [0.4, 0.5) is 4.39 Å². The molecule has 0 saturated heterocycles. The molecule has 0 spiro atoms. The van der Waals surface area contributed by atoms with Crippen molar-refractivity contribution in [1.29, 1.82) is 0 Å². The van der Waals surface area contributed by atoms with Crippen molar-refractivity contribution in [2.45, 2.75) is 31.6 Å². The van der Waals surface area contributed by atoms with E-state index in [1.54, 1.807) is 6.07 Å². The molecule has 1 heterocycles. The summed E-state index contributed by atoms with van der Waals surface area (Å²) in [5.41, 5.74) is 0.702. The van der Waals surface area contributed by atoms with Crippen molar-refractivity contribution in [1.82, 2.24) is 4.98 Å². The normalized spacial score (nSPS) is 24.6. The number of hydrogen-bond donors (Lipinski definition) is 1. The Balaban J connectivity index is 2.12. The van der Waals surface area contributed by atoms with E-state index in [0.29, 0.717) is 17.4 Å². The first-order valence-corrected chi connectivity index (χ1v) is 6.05. The molecule has 1 aromatic heterocycles. The van der Waals surface area contributed by atoms with Gasteiger partial charge in [-0.25, -0.2) is 9.37 Å². The molecule has 0 atom stereocenters. The Labute approximate surface area is 101 Å². The minimum atomic E-state index is -0.252. The summed E-state index contributed by atoms with van der Waals surface area (Å²) in [6, 6.07) is 1.69. The maximum atomic E-state index is 13.7. The van der Waals surface area contributed by atoms with E-state index in [2.05, 4.69) is 4.98 Å². The van der Waals surface area contributed by atoms with Crippen molar-refractivity contribution in [3.05, 3.63) is 23.6 Å². The fourth-order valence-corrected chi connectivity index (χ4v) is 2.51. The van der Waals surface area contributed by atoms with Gasteiger partial charge in [-0.3, -0.25) is 0 Å². The summed E-state index contributed by atoms with van der Waals surface area (Å²) in [5, 5.41) is 9.08. The number of rotatable bonds is 3. The van der Waals surface area contributed by atoms with Crippen molar-refractivity contribution in [3.8, 4) is 5.88 Å². The van der Waals surface area contributed by atoms with E-state index in [-0.39, 0.29) is 18.3 Å². The lowest BCUT2D eigenvalue weighted by atomic mass is 9.79. The van der Waals surface area contributed by atoms with Gasteiger partial charge in [-0.05, 0) is 43.1 Å². The first-order chi connectivity index (χ1) is 8.24. The molecule has 0 radical (unpaired) electrons. The maximum absolute atomic E-state index is 13.7. The topological polar surface area (TPSA) is 42.4 Å². The van der Waals surface area contributed by atoms with Crippen molar-refractivity contribution < 1.29 is 14.2 Å². The second kappa shape index (κ2) is 5.45. The molecule has 1 aliphatic carbocycles. The van der Waals surface area contributed by atoms with Crippen LogP contribution in [0.15, 0.2) is 12.3 Å². The third-order valence-electron chi connectivity index (χ3n) is 3.61. The summed E-state index contributed by atoms with van der Waals surface area (Å²) in [6.07, 6.45) is 5.01. The van der Waals surface area contributed by atoms with Gasteiger partial charge in [0.1, 0.15) is 5.82 Å². The second-order valence-electron chi connectivity index (χ2n) is 4.65. The van der Waals surface area contributed by atoms with Gasteiger partial charge >= 0.3 is 0 Å². The molecule has 94 valence electrons. The molecule has 3 nitrogen and oxygen atoms in total. The van der Waals surface area contributed by atoms with Crippen LogP contribution in [0.2, 0.25) is 0 Å². The fourth-order valence-electron chi connectivity index (χ4n) is 2.51. The summed E-state index contributed by atoms with van der Waals surface area (Å²) in [6.45, 7) is 0.245. The Kier molecular flexibility index (Phi) is 3.94. The van der Waals surface area contributed by atoms with Crippen molar-refractivity contribution in [2.24, 2.45) is 5.92 Å². The summed E-state index contributed by atoms with van der Waals surface area (Å²) < 4.78 is 18.7. The zero-order chi connectivity index (χ0) is 12.3. The minimum Gasteiger partial charge on any atom is -0.481 e. The molecule has 1 aliphatic rings. The average Bonchev–Trinajstić information content (AvgIpc) is 2.39. The zero-order valence-corrected chi connectivity index (χ0v) is 10.0. The van der Waals surface area contributed by atoms with Gasteiger partial charge in [0, 0.05) is 12.7 Å². The lowest BCUT2D eigenvalue weighted by molar-refractivity contribution is 0.181. The number of aliphatic hydroxyl groups is 1. The second-order valence-corrected chi connectivity index (χ2v) is 4.65. The summed E-state index contributed by atoms with van der Waals surface area (Å²) in [5.74, 6) is 0.830. The summed E-state index contributed by atoms with van der Waals surface area (Å²) in [7, 11) is 1.53. The van der Waals surface area contributed by atoms with Crippen LogP contribution in [-0.4, -0.2) is 23.8 Å². The van der Waals surface area contributed by atoms with Gasteiger partial charge in [0.25, 0.3) is 0 Å². The van der Waals surface area contributed by atoms with Crippen LogP contribution in [0.1, 0.15) is 37.2 Å². The van der Waals surface area contributed by atoms with Crippen molar-refractivity contribution in [3.63, 3.8) is 0 Å². The highest BCUT2D eigenvalue weighted by Gasteiger charge is 2.24. The Morgan fingerprint density at radius 2 is 2.12 bits per heavy atom. The van der Waals surface area contributed by atoms with Crippen molar-refractivity contribution in [2.75, 3.05) is 13.7 Å². The number of methoxy groups -OCH3 is 1. The van der Waals surface area contributed by atoms with Crippen LogP contribution in [0.25, 0.3) is 0 Å². The van der Waals surface area contributed by atoms with Gasteiger partial charge in [0.05, 0.1) is 13.3 Å². The monoisotopic (exact) mass is 239 g/mol. The van der Waals surface area contributed by atoms with E-state index in [4.69, 9.17) is 9.84 Å². The van der Waals surface area contributed by atoms with E-state index in [9.17, 15) is 4.39 Å². The van der Waals surface area contributed by atoms with Crippen LogP contribution in [0.5, 0.6) is 5.88 Å². The Hall–Kier alpha value is -1.16. The molecular weight excluding hydrogens is 221 g/mol. The molecule has 17 heavy (non-hydrogen) atoms. The molecule has 1 saturated carbocycles. The molecule has 1 N–H and O–H groups in total. The SMILES string of the molecule is COc1cc(C2CCC(CO)CC2)c(F)cn1. The largest absolute Gasteiger partial charge is 0.481 e. The first-order valence-electron chi connectivity index (χ1n) is 6.05. The Morgan fingerprint density at radius 1 is 1.41 bits per heavy atom. The van der Waals surface area contributed by atoms with E-state index in [1.165, 1.54) is 13.3 Å². The molecular formula is C13H18FNO2. The lowest BCUT2D eigenvalue weighted by Crippen LogP contribution is -2.17. The van der Waals surface area contributed by atoms with Gasteiger partial charge in [0.2, 0.25) is 5.88 Å². The number of nitrogens with zero attached hydrogens (tertiary/aromatic N) is 1. The number of pyridine rings is 1. The Morgan fingerprint density at radius 3 is 2.71 bits per heavy atom. The molecule has 0 bridgehead atoms. The standard InChI is InChI=1S/C13H18FNO2/c1-17-13-6-11(12(14)7-15-13)10-4-2-9(8-16)3-5-10/h6-7,9-10,16H,2-5,8H2,1H3. The highest BCUT2D eigenvalue weighted by molar-refractivity contribution is 5.26. The van der Waals surface area contributed by atoms with E-state index >= 15 is 0 Å². The third kappa shape index (κ3) is 2.75. The van der Waals surface area contributed by atoms with Gasteiger partial charge in [-0.1, -0.05) is 0 Å². The first kappa shape index (κ1) is 12.3. The minimum absolute atomic E-state index is 0.231. The zero-order valence-electron chi connectivity index (χ0n) is 10.0. The maximum Gasteiger partial charge on any atom is 0.213 e. The quantitative estimate of drug-likeness (QED) is 0.881. The van der Waals surface area contributed by atoms with E-state index in [0.717, 1.165) is 25.7 Å². The molecule has 1 aromatic rings. The summed E-state index contributed by atoms with van der Waals surface area (Å²) >= 11 is 0. The van der Waals surface area contributed by atoms with Crippen LogP contribution >= 0.6 is 0 Å². The fraction of sp³-hybridized carbons (Fsp3) is 0.615. The average molecular weight is 239 g/mol. The number of aliphatic hydroxyl groups excluding tert-OH is 1. The van der Waals surface area contributed by atoms with Crippen LogP contribution in [0.3, 0.4) is 0 Å². The molecule has 1 fully saturated rings. The van der Waals surface area contributed by atoms with Crippen molar-refractivity contribution >= 4 is 0 Å². The number of ether oxygens (including phenoxy) is 1. The van der Waals surface area contributed by atoms with Crippen LogP contribution in [-0.2, 0) is 0 Å². The summed E-state index contributed by atoms with van der Waals surface area (Å²) in [4.78, 5) is 3.85. The Bertz CT molecular complexity index is 376. The van der Waals surface area contributed by atoms with Gasteiger partial charge < -0.3 is 9.84 Å². The molecule has 4 heteroatoms.